The second kappa shape index (κ2) is 8.96. The van der Waals surface area contributed by atoms with Gasteiger partial charge in [-0.05, 0) is 39.2 Å². The summed E-state index contributed by atoms with van der Waals surface area (Å²) in [5.41, 5.74) is 1.08. The Kier molecular flexibility index (Phi) is 6.32. The number of nitrogens with one attached hydrogen (secondary N) is 1. The predicted octanol–water partition coefficient (Wildman–Crippen LogP) is 0.731. The minimum absolute atomic E-state index is 0.0570. The van der Waals surface area contributed by atoms with E-state index >= 15 is 0 Å². The van der Waals surface area contributed by atoms with Crippen LogP contribution in [0.3, 0.4) is 0 Å². The number of carbonyl (C=O) groups excluding carboxylic acids is 3. The highest BCUT2D eigenvalue weighted by molar-refractivity contribution is 6.17. The summed E-state index contributed by atoms with van der Waals surface area (Å²) in [5.74, 6) is -0.386. The molecule has 4 rings (SSSR count). The minimum Gasteiger partial charge on any atom is -0.462 e. The Labute approximate surface area is 178 Å². The highest BCUT2D eigenvalue weighted by atomic mass is 16.5. The van der Waals surface area contributed by atoms with Gasteiger partial charge in [0.05, 0.1) is 12.6 Å². The Morgan fingerprint density at radius 1 is 1.07 bits per heavy atom. The maximum absolute atomic E-state index is 13.2. The molecule has 0 radical (unpaired) electrons. The molecule has 3 heterocycles. The molecule has 166 valence electrons. The monoisotopic (exact) mass is 418 g/mol. The van der Waals surface area contributed by atoms with Crippen molar-refractivity contribution in [2.24, 2.45) is 5.92 Å². The number of esters is 1. The highest BCUT2D eigenvalue weighted by Crippen LogP contribution is 2.40. The van der Waals surface area contributed by atoms with Gasteiger partial charge in [-0.15, -0.1) is 0 Å². The molecule has 1 aliphatic carbocycles. The first-order chi connectivity index (χ1) is 14.5. The number of piperazine rings is 1. The van der Waals surface area contributed by atoms with E-state index in [4.69, 9.17) is 4.74 Å². The van der Waals surface area contributed by atoms with E-state index in [9.17, 15) is 14.4 Å². The number of hydrogen-bond donors (Lipinski definition) is 1. The first kappa shape index (κ1) is 21.2. The van der Waals surface area contributed by atoms with Gasteiger partial charge < -0.3 is 24.8 Å². The van der Waals surface area contributed by atoms with E-state index in [1.54, 1.807) is 11.8 Å². The molecule has 3 aliphatic heterocycles. The van der Waals surface area contributed by atoms with Crippen molar-refractivity contribution in [3.8, 4) is 0 Å². The smallest absolute Gasteiger partial charge is 0.345 e. The Balaban J connectivity index is 1.57. The standard InChI is InChI=1S/C22H34N4O4/c1-3-30-22(29)18-19(15-7-4-5-9-17(15)24(2)21(18)28)25-11-13-26(14-12-25)20(27)16-8-6-10-23-16/h15-17,23H,3-14H2,1-2H3. The number of fused-ring (bicyclic) bond motifs is 1. The van der Waals surface area contributed by atoms with Crippen molar-refractivity contribution in [3.63, 3.8) is 0 Å². The molecule has 0 spiro atoms. The van der Waals surface area contributed by atoms with Gasteiger partial charge in [0.1, 0.15) is 5.57 Å². The zero-order valence-electron chi connectivity index (χ0n) is 18.2. The van der Waals surface area contributed by atoms with Crippen LogP contribution in [-0.4, -0.2) is 90.9 Å². The second-order valence-corrected chi connectivity index (χ2v) is 8.82. The van der Waals surface area contributed by atoms with Crippen molar-refractivity contribution < 1.29 is 19.1 Å². The Bertz CT molecular complexity index is 723. The zero-order chi connectivity index (χ0) is 21.3. The van der Waals surface area contributed by atoms with E-state index in [-0.39, 0.29) is 42.0 Å². The fraction of sp³-hybridized carbons (Fsp3) is 0.773. The molecule has 30 heavy (non-hydrogen) atoms. The highest BCUT2D eigenvalue weighted by Gasteiger charge is 2.46. The van der Waals surface area contributed by atoms with Gasteiger partial charge in [-0.3, -0.25) is 9.59 Å². The average molecular weight is 419 g/mol. The largest absolute Gasteiger partial charge is 0.462 e. The normalized spacial score (nSPS) is 29.9. The van der Waals surface area contributed by atoms with Gasteiger partial charge in [0.15, 0.2) is 0 Å². The zero-order valence-corrected chi connectivity index (χ0v) is 18.2. The first-order valence-corrected chi connectivity index (χ1v) is 11.5. The third-order valence-electron chi connectivity index (χ3n) is 7.14. The van der Waals surface area contributed by atoms with Crippen LogP contribution in [0.1, 0.15) is 45.4 Å². The number of ether oxygens (including phenoxy) is 1. The quantitative estimate of drug-likeness (QED) is 0.536. The van der Waals surface area contributed by atoms with Gasteiger partial charge in [-0.1, -0.05) is 12.8 Å². The Morgan fingerprint density at radius 2 is 1.80 bits per heavy atom. The minimum atomic E-state index is -0.512. The van der Waals surface area contributed by atoms with Crippen molar-refractivity contribution in [1.29, 1.82) is 0 Å². The average Bonchev–Trinajstić information content (AvgIpc) is 3.31. The molecule has 8 heteroatoms. The lowest BCUT2D eigenvalue weighted by atomic mass is 9.76. The number of likely N-dealkylation sites (N-methyl/N-ethyl adjacent to an activating group) is 1. The Morgan fingerprint density at radius 3 is 2.47 bits per heavy atom. The molecule has 3 atom stereocenters. The first-order valence-electron chi connectivity index (χ1n) is 11.5. The number of hydrogen-bond acceptors (Lipinski definition) is 6. The summed E-state index contributed by atoms with van der Waals surface area (Å²) in [6.07, 6.45) is 6.11. The molecule has 0 aromatic rings. The fourth-order valence-electron chi connectivity index (χ4n) is 5.59. The van der Waals surface area contributed by atoms with Crippen LogP contribution in [-0.2, 0) is 19.1 Å². The van der Waals surface area contributed by atoms with Crippen LogP contribution in [0.15, 0.2) is 11.3 Å². The molecule has 0 aromatic carbocycles. The van der Waals surface area contributed by atoms with Crippen LogP contribution in [0.2, 0.25) is 0 Å². The molecule has 1 N–H and O–H groups in total. The lowest BCUT2D eigenvalue weighted by Gasteiger charge is -2.48. The predicted molar refractivity (Wildman–Crippen MR) is 111 cm³/mol. The van der Waals surface area contributed by atoms with Crippen LogP contribution in [0.25, 0.3) is 0 Å². The van der Waals surface area contributed by atoms with Crippen LogP contribution in [0.4, 0.5) is 0 Å². The summed E-state index contributed by atoms with van der Waals surface area (Å²) >= 11 is 0. The molecule has 2 saturated heterocycles. The molecule has 8 nitrogen and oxygen atoms in total. The molecule has 2 amide bonds. The molecular weight excluding hydrogens is 384 g/mol. The van der Waals surface area contributed by atoms with Crippen molar-refractivity contribution in [3.05, 3.63) is 11.3 Å². The van der Waals surface area contributed by atoms with Gasteiger partial charge >= 0.3 is 5.97 Å². The van der Waals surface area contributed by atoms with E-state index in [1.807, 2.05) is 11.9 Å². The van der Waals surface area contributed by atoms with Gasteiger partial charge in [-0.2, -0.15) is 0 Å². The van der Waals surface area contributed by atoms with Crippen molar-refractivity contribution in [1.82, 2.24) is 20.0 Å². The molecule has 3 unspecified atom stereocenters. The van der Waals surface area contributed by atoms with E-state index in [1.165, 1.54) is 0 Å². The Hall–Kier alpha value is -2.09. The molecule has 4 aliphatic rings. The topological polar surface area (TPSA) is 82.2 Å². The van der Waals surface area contributed by atoms with E-state index < -0.39 is 5.97 Å². The van der Waals surface area contributed by atoms with E-state index in [0.717, 1.165) is 50.8 Å². The number of carbonyl (C=O) groups is 3. The third-order valence-corrected chi connectivity index (χ3v) is 7.14. The lowest BCUT2D eigenvalue weighted by molar-refractivity contribution is -0.145. The van der Waals surface area contributed by atoms with Crippen molar-refractivity contribution in [2.45, 2.75) is 57.5 Å². The molecule has 3 fully saturated rings. The maximum atomic E-state index is 13.2. The summed E-state index contributed by atoms with van der Waals surface area (Å²) in [7, 11) is 1.81. The summed E-state index contributed by atoms with van der Waals surface area (Å²) in [4.78, 5) is 44.6. The molecular formula is C22H34N4O4. The van der Waals surface area contributed by atoms with E-state index in [2.05, 4.69) is 10.2 Å². The van der Waals surface area contributed by atoms with Crippen molar-refractivity contribution in [2.75, 3.05) is 46.4 Å². The molecule has 1 saturated carbocycles. The number of rotatable bonds is 4. The van der Waals surface area contributed by atoms with Crippen LogP contribution in [0, 0.1) is 5.92 Å². The summed E-state index contributed by atoms with van der Waals surface area (Å²) < 4.78 is 5.28. The maximum Gasteiger partial charge on any atom is 0.345 e. The lowest BCUT2D eigenvalue weighted by Crippen LogP contribution is -2.57. The van der Waals surface area contributed by atoms with Gasteiger partial charge in [0.25, 0.3) is 5.91 Å². The molecule has 0 bridgehead atoms. The van der Waals surface area contributed by atoms with Crippen molar-refractivity contribution >= 4 is 17.8 Å². The summed E-state index contributed by atoms with van der Waals surface area (Å²) in [6, 6.07) is 0.0836. The summed E-state index contributed by atoms with van der Waals surface area (Å²) in [5, 5.41) is 3.29. The third kappa shape index (κ3) is 3.82. The van der Waals surface area contributed by atoms with Gasteiger partial charge in [-0.25, -0.2) is 4.79 Å². The van der Waals surface area contributed by atoms with Crippen LogP contribution in [0.5, 0.6) is 0 Å². The van der Waals surface area contributed by atoms with Gasteiger partial charge in [0.2, 0.25) is 5.91 Å². The van der Waals surface area contributed by atoms with Crippen LogP contribution < -0.4 is 5.32 Å². The van der Waals surface area contributed by atoms with Gasteiger partial charge in [0, 0.05) is 50.9 Å². The summed E-state index contributed by atoms with van der Waals surface area (Å²) in [6.45, 7) is 5.46. The SMILES string of the molecule is CCOC(=O)C1=C(N2CCN(C(=O)C3CCCN3)CC2)C2CCCCC2N(C)C1=O. The number of nitrogens with zero attached hydrogens (tertiary/aromatic N) is 3. The van der Waals surface area contributed by atoms with E-state index in [0.29, 0.717) is 26.2 Å². The second-order valence-electron chi connectivity index (χ2n) is 8.82. The van der Waals surface area contributed by atoms with Crippen LogP contribution >= 0.6 is 0 Å². The fourth-order valence-corrected chi connectivity index (χ4v) is 5.59. The number of amides is 2. The molecule has 0 aromatic heterocycles.